The number of nitrogens with one attached hydrogen (secondary N) is 1. The van der Waals surface area contributed by atoms with Crippen molar-refractivity contribution in [2.24, 2.45) is 11.8 Å². The van der Waals surface area contributed by atoms with E-state index in [1.165, 1.54) is 32.0 Å². The summed E-state index contributed by atoms with van der Waals surface area (Å²) in [5, 5.41) is 3.48. The predicted octanol–water partition coefficient (Wildman–Crippen LogP) is 1.66. The summed E-state index contributed by atoms with van der Waals surface area (Å²) in [4.78, 5) is 8.07. The molecule has 0 spiro atoms. The van der Waals surface area contributed by atoms with Crippen LogP contribution in [0.2, 0.25) is 0 Å². The molecule has 4 heteroatoms. The van der Waals surface area contributed by atoms with Gasteiger partial charge in [-0.15, -0.1) is 0 Å². The molecular weight excluding hydrogens is 188 g/mol. The maximum absolute atomic E-state index is 5.62. The zero-order valence-corrected chi connectivity index (χ0v) is 8.69. The van der Waals surface area contributed by atoms with Gasteiger partial charge < -0.3 is 11.1 Å². The maximum atomic E-state index is 5.62. The number of hydrogen-bond donors (Lipinski definition) is 2. The molecule has 3 rings (SSSR count). The molecule has 1 heterocycles. The first-order valence-corrected chi connectivity index (χ1v) is 5.65. The number of fused-ring (bicyclic) bond motifs is 2. The van der Waals surface area contributed by atoms with Crippen LogP contribution >= 0.6 is 0 Å². The fraction of sp³-hybridized carbons (Fsp3) is 0.636. The van der Waals surface area contributed by atoms with Crippen molar-refractivity contribution >= 4 is 11.6 Å². The SMILES string of the molecule is Nc1cc(NC2CC3CCC2C3)ncn1. The fourth-order valence-corrected chi connectivity index (χ4v) is 3.06. The van der Waals surface area contributed by atoms with Gasteiger partial charge in [0.05, 0.1) is 0 Å². The number of nitrogens with zero attached hydrogens (tertiary/aromatic N) is 2. The van der Waals surface area contributed by atoms with Crippen molar-refractivity contribution < 1.29 is 0 Å². The normalized spacial score (nSPS) is 33.2. The molecule has 1 aromatic heterocycles. The number of anilines is 2. The minimum atomic E-state index is 0.538. The van der Waals surface area contributed by atoms with Crippen molar-refractivity contribution in [3.05, 3.63) is 12.4 Å². The van der Waals surface area contributed by atoms with Gasteiger partial charge in [-0.3, -0.25) is 0 Å². The molecule has 2 bridgehead atoms. The Labute approximate surface area is 89.3 Å². The molecule has 2 aliphatic rings. The first-order chi connectivity index (χ1) is 7.31. The Morgan fingerprint density at radius 2 is 2.20 bits per heavy atom. The molecule has 80 valence electrons. The van der Waals surface area contributed by atoms with Crippen molar-refractivity contribution in [3.63, 3.8) is 0 Å². The third kappa shape index (κ3) is 1.64. The van der Waals surface area contributed by atoms with Gasteiger partial charge in [0.25, 0.3) is 0 Å². The summed E-state index contributed by atoms with van der Waals surface area (Å²) in [6.07, 6.45) is 7.02. The van der Waals surface area contributed by atoms with Gasteiger partial charge in [-0.1, -0.05) is 6.42 Å². The van der Waals surface area contributed by atoms with E-state index in [4.69, 9.17) is 5.73 Å². The highest BCUT2D eigenvalue weighted by Crippen LogP contribution is 2.45. The number of aromatic nitrogens is 2. The van der Waals surface area contributed by atoms with Gasteiger partial charge in [0.1, 0.15) is 18.0 Å². The van der Waals surface area contributed by atoms with Gasteiger partial charge in [0, 0.05) is 12.1 Å². The van der Waals surface area contributed by atoms with Crippen molar-refractivity contribution in [3.8, 4) is 0 Å². The van der Waals surface area contributed by atoms with E-state index in [-0.39, 0.29) is 0 Å². The molecule has 15 heavy (non-hydrogen) atoms. The lowest BCUT2D eigenvalue weighted by Crippen LogP contribution is -2.26. The van der Waals surface area contributed by atoms with Crippen LogP contribution in [0.4, 0.5) is 11.6 Å². The molecule has 3 N–H and O–H groups in total. The standard InChI is InChI=1S/C11H16N4/c12-10-5-11(14-6-13-10)15-9-4-7-1-2-8(9)3-7/h5-9H,1-4H2,(H3,12,13,14,15). The summed E-state index contributed by atoms with van der Waals surface area (Å²) < 4.78 is 0. The van der Waals surface area contributed by atoms with Gasteiger partial charge in [0.2, 0.25) is 0 Å². The minimum Gasteiger partial charge on any atom is -0.384 e. The van der Waals surface area contributed by atoms with Gasteiger partial charge >= 0.3 is 0 Å². The average molecular weight is 204 g/mol. The Balaban J connectivity index is 1.71. The monoisotopic (exact) mass is 204 g/mol. The van der Waals surface area contributed by atoms with E-state index >= 15 is 0 Å². The number of nitrogen functional groups attached to an aromatic ring is 1. The molecule has 3 atom stereocenters. The van der Waals surface area contributed by atoms with Crippen molar-refractivity contribution in [1.82, 2.24) is 9.97 Å². The molecule has 0 radical (unpaired) electrons. The highest BCUT2D eigenvalue weighted by atomic mass is 15.1. The van der Waals surface area contributed by atoms with Crippen molar-refractivity contribution in [2.45, 2.75) is 31.7 Å². The van der Waals surface area contributed by atoms with Gasteiger partial charge in [0.15, 0.2) is 0 Å². The van der Waals surface area contributed by atoms with Crippen molar-refractivity contribution in [2.75, 3.05) is 11.1 Å². The Bertz CT molecular complexity index is 365. The number of rotatable bonds is 2. The van der Waals surface area contributed by atoms with Gasteiger partial charge in [-0.25, -0.2) is 9.97 Å². The highest BCUT2D eigenvalue weighted by molar-refractivity contribution is 5.44. The average Bonchev–Trinajstić information content (AvgIpc) is 2.79. The van der Waals surface area contributed by atoms with Crippen LogP contribution in [0.1, 0.15) is 25.7 Å². The van der Waals surface area contributed by atoms with E-state index in [0.29, 0.717) is 11.9 Å². The first-order valence-electron chi connectivity index (χ1n) is 5.65. The zero-order chi connectivity index (χ0) is 10.3. The van der Waals surface area contributed by atoms with Crippen LogP contribution in [0.3, 0.4) is 0 Å². The number of hydrogen-bond acceptors (Lipinski definition) is 4. The van der Waals surface area contributed by atoms with Crippen LogP contribution in [-0.2, 0) is 0 Å². The van der Waals surface area contributed by atoms with E-state index in [2.05, 4.69) is 15.3 Å². The van der Waals surface area contributed by atoms with E-state index in [1.807, 2.05) is 6.07 Å². The Hall–Kier alpha value is -1.32. The molecule has 0 amide bonds. The van der Waals surface area contributed by atoms with Crippen LogP contribution in [0, 0.1) is 11.8 Å². The smallest absolute Gasteiger partial charge is 0.131 e. The topological polar surface area (TPSA) is 63.8 Å². The summed E-state index contributed by atoms with van der Waals surface area (Å²) >= 11 is 0. The second-order valence-corrected chi connectivity index (χ2v) is 4.75. The second-order valence-electron chi connectivity index (χ2n) is 4.75. The van der Waals surface area contributed by atoms with Crippen LogP contribution < -0.4 is 11.1 Å². The molecule has 3 unspecified atom stereocenters. The van der Waals surface area contributed by atoms with E-state index < -0.39 is 0 Å². The molecule has 0 saturated heterocycles. The molecule has 2 aliphatic carbocycles. The van der Waals surface area contributed by atoms with Crippen LogP contribution in [0.15, 0.2) is 12.4 Å². The zero-order valence-electron chi connectivity index (χ0n) is 8.69. The number of nitrogens with two attached hydrogens (primary N) is 1. The molecule has 0 aromatic carbocycles. The van der Waals surface area contributed by atoms with Crippen LogP contribution in [-0.4, -0.2) is 16.0 Å². The first kappa shape index (κ1) is 8.95. The maximum Gasteiger partial charge on any atom is 0.131 e. The summed E-state index contributed by atoms with van der Waals surface area (Å²) in [6.45, 7) is 0. The van der Waals surface area contributed by atoms with Crippen LogP contribution in [0.25, 0.3) is 0 Å². The Morgan fingerprint density at radius 3 is 2.87 bits per heavy atom. The van der Waals surface area contributed by atoms with Gasteiger partial charge in [-0.05, 0) is 31.1 Å². The summed E-state index contributed by atoms with van der Waals surface area (Å²) in [5.74, 6) is 3.22. The Morgan fingerprint density at radius 1 is 1.27 bits per heavy atom. The van der Waals surface area contributed by atoms with Gasteiger partial charge in [-0.2, -0.15) is 0 Å². The molecule has 2 saturated carbocycles. The second kappa shape index (κ2) is 3.36. The third-order valence-corrected chi connectivity index (χ3v) is 3.76. The lowest BCUT2D eigenvalue weighted by Gasteiger charge is -2.23. The third-order valence-electron chi connectivity index (χ3n) is 3.76. The van der Waals surface area contributed by atoms with E-state index in [0.717, 1.165) is 17.7 Å². The molecule has 2 fully saturated rings. The summed E-state index contributed by atoms with van der Waals surface area (Å²) in [5.41, 5.74) is 5.62. The predicted molar refractivity (Wildman–Crippen MR) is 59.3 cm³/mol. The lowest BCUT2D eigenvalue weighted by atomic mass is 9.95. The summed E-state index contributed by atoms with van der Waals surface area (Å²) in [7, 11) is 0. The quantitative estimate of drug-likeness (QED) is 0.769. The van der Waals surface area contributed by atoms with E-state index in [9.17, 15) is 0 Å². The highest BCUT2D eigenvalue weighted by Gasteiger charge is 2.39. The molecule has 1 aromatic rings. The Kier molecular flexibility index (Phi) is 2.01. The van der Waals surface area contributed by atoms with E-state index in [1.54, 1.807) is 0 Å². The lowest BCUT2D eigenvalue weighted by molar-refractivity contribution is 0.439. The molecule has 4 nitrogen and oxygen atoms in total. The molecule has 0 aliphatic heterocycles. The van der Waals surface area contributed by atoms with Crippen molar-refractivity contribution in [1.29, 1.82) is 0 Å². The fourth-order valence-electron chi connectivity index (χ4n) is 3.06. The summed E-state index contributed by atoms with van der Waals surface area (Å²) in [6, 6.07) is 2.42. The largest absolute Gasteiger partial charge is 0.384 e. The minimum absolute atomic E-state index is 0.538. The molecular formula is C11H16N4. The van der Waals surface area contributed by atoms with Crippen LogP contribution in [0.5, 0.6) is 0 Å².